The van der Waals surface area contributed by atoms with Crippen LogP contribution in [-0.2, 0) is 16.0 Å². The summed E-state index contributed by atoms with van der Waals surface area (Å²) in [7, 11) is 1.66. The molecule has 5 heteroatoms. The summed E-state index contributed by atoms with van der Waals surface area (Å²) >= 11 is 0. The standard InChI is InChI=1S/C13H17F2NO2/c1-17-13(4-5-18-9-13)8-16-7-10-2-3-11(14)12(15)6-10/h2-3,6,16H,4-5,7-9H2,1H3. The van der Waals surface area contributed by atoms with E-state index in [1.807, 2.05) is 0 Å². The molecule has 3 nitrogen and oxygen atoms in total. The first kappa shape index (κ1) is 13.4. The van der Waals surface area contributed by atoms with E-state index in [1.54, 1.807) is 13.2 Å². The molecule has 1 atom stereocenters. The first-order valence-electron chi connectivity index (χ1n) is 5.93. The van der Waals surface area contributed by atoms with Gasteiger partial charge in [-0.25, -0.2) is 8.78 Å². The maximum absolute atomic E-state index is 13.0. The van der Waals surface area contributed by atoms with E-state index in [-0.39, 0.29) is 5.60 Å². The highest BCUT2D eigenvalue weighted by Gasteiger charge is 2.34. The van der Waals surface area contributed by atoms with E-state index < -0.39 is 11.6 Å². The largest absolute Gasteiger partial charge is 0.378 e. The van der Waals surface area contributed by atoms with E-state index in [1.165, 1.54) is 6.07 Å². The van der Waals surface area contributed by atoms with Crippen LogP contribution in [0.2, 0.25) is 0 Å². The van der Waals surface area contributed by atoms with Gasteiger partial charge >= 0.3 is 0 Å². The zero-order valence-corrected chi connectivity index (χ0v) is 10.3. The molecule has 1 heterocycles. The number of halogens is 2. The Kier molecular flexibility index (Phi) is 4.27. The van der Waals surface area contributed by atoms with Gasteiger partial charge in [0.15, 0.2) is 11.6 Å². The molecule has 1 aromatic carbocycles. The predicted molar refractivity (Wildman–Crippen MR) is 63.2 cm³/mol. The van der Waals surface area contributed by atoms with Crippen LogP contribution in [0.3, 0.4) is 0 Å². The van der Waals surface area contributed by atoms with Crippen LogP contribution in [-0.4, -0.2) is 32.5 Å². The number of methoxy groups -OCH3 is 1. The Morgan fingerprint density at radius 2 is 2.22 bits per heavy atom. The van der Waals surface area contributed by atoms with E-state index in [0.717, 1.165) is 12.5 Å². The van der Waals surface area contributed by atoms with Crippen LogP contribution in [0.1, 0.15) is 12.0 Å². The number of benzene rings is 1. The second-order valence-electron chi connectivity index (χ2n) is 4.54. The van der Waals surface area contributed by atoms with Crippen molar-refractivity contribution in [1.82, 2.24) is 5.32 Å². The number of hydrogen-bond acceptors (Lipinski definition) is 3. The van der Waals surface area contributed by atoms with Crippen molar-refractivity contribution in [2.24, 2.45) is 0 Å². The minimum absolute atomic E-state index is 0.293. The van der Waals surface area contributed by atoms with Crippen molar-refractivity contribution >= 4 is 0 Å². The summed E-state index contributed by atoms with van der Waals surface area (Å²) < 4.78 is 36.5. The van der Waals surface area contributed by atoms with Crippen molar-refractivity contribution in [1.29, 1.82) is 0 Å². The Balaban J connectivity index is 1.86. The molecule has 1 unspecified atom stereocenters. The van der Waals surface area contributed by atoms with Crippen LogP contribution in [0.15, 0.2) is 18.2 Å². The molecule has 18 heavy (non-hydrogen) atoms. The fourth-order valence-corrected chi connectivity index (χ4v) is 2.05. The predicted octanol–water partition coefficient (Wildman–Crippen LogP) is 1.86. The first-order valence-corrected chi connectivity index (χ1v) is 5.93. The zero-order valence-electron chi connectivity index (χ0n) is 10.3. The van der Waals surface area contributed by atoms with Gasteiger partial charge in [-0.3, -0.25) is 0 Å². The lowest BCUT2D eigenvalue weighted by atomic mass is 10.0. The Labute approximate surface area is 105 Å². The molecule has 1 aromatic rings. The van der Waals surface area contributed by atoms with E-state index in [2.05, 4.69) is 5.32 Å². The van der Waals surface area contributed by atoms with E-state index in [4.69, 9.17) is 9.47 Å². The second kappa shape index (κ2) is 5.73. The Hall–Kier alpha value is -1.04. The number of ether oxygens (including phenoxy) is 2. The van der Waals surface area contributed by atoms with Crippen molar-refractivity contribution in [3.05, 3.63) is 35.4 Å². The van der Waals surface area contributed by atoms with Crippen LogP contribution >= 0.6 is 0 Å². The summed E-state index contributed by atoms with van der Waals surface area (Å²) in [5.74, 6) is -1.64. The lowest BCUT2D eigenvalue weighted by Crippen LogP contribution is -2.42. The number of hydrogen-bond donors (Lipinski definition) is 1. The van der Waals surface area contributed by atoms with Gasteiger partial charge < -0.3 is 14.8 Å². The van der Waals surface area contributed by atoms with Crippen molar-refractivity contribution < 1.29 is 18.3 Å². The van der Waals surface area contributed by atoms with Crippen LogP contribution in [0.25, 0.3) is 0 Å². The minimum atomic E-state index is -0.823. The highest BCUT2D eigenvalue weighted by atomic mass is 19.2. The molecule has 100 valence electrons. The smallest absolute Gasteiger partial charge is 0.159 e. The van der Waals surface area contributed by atoms with Crippen LogP contribution < -0.4 is 5.32 Å². The monoisotopic (exact) mass is 257 g/mol. The van der Waals surface area contributed by atoms with Gasteiger partial charge in [-0.1, -0.05) is 6.07 Å². The molecule has 0 saturated carbocycles. The van der Waals surface area contributed by atoms with Gasteiger partial charge in [0.2, 0.25) is 0 Å². The lowest BCUT2D eigenvalue weighted by molar-refractivity contribution is -0.0159. The summed E-state index contributed by atoms with van der Waals surface area (Å²) in [6.07, 6.45) is 0.842. The van der Waals surface area contributed by atoms with Crippen molar-refractivity contribution in [3.63, 3.8) is 0 Å². The summed E-state index contributed by atoms with van der Waals surface area (Å²) in [4.78, 5) is 0. The SMILES string of the molecule is COC1(CNCc2ccc(F)c(F)c2)CCOC1. The van der Waals surface area contributed by atoms with E-state index in [9.17, 15) is 8.78 Å². The minimum Gasteiger partial charge on any atom is -0.378 e. The average Bonchev–Trinajstić information content (AvgIpc) is 2.83. The quantitative estimate of drug-likeness (QED) is 0.873. The van der Waals surface area contributed by atoms with Gasteiger partial charge in [-0.05, 0) is 17.7 Å². The molecule has 0 aliphatic carbocycles. The van der Waals surface area contributed by atoms with Crippen molar-refractivity contribution in [3.8, 4) is 0 Å². The van der Waals surface area contributed by atoms with Gasteiger partial charge in [0, 0.05) is 33.2 Å². The van der Waals surface area contributed by atoms with Crippen molar-refractivity contribution in [2.75, 3.05) is 26.9 Å². The third kappa shape index (κ3) is 3.04. The Morgan fingerprint density at radius 3 is 2.83 bits per heavy atom. The van der Waals surface area contributed by atoms with Crippen molar-refractivity contribution in [2.45, 2.75) is 18.6 Å². The molecular formula is C13H17F2NO2. The Morgan fingerprint density at radius 1 is 1.39 bits per heavy atom. The summed E-state index contributed by atoms with van der Waals surface area (Å²) in [6.45, 7) is 2.36. The first-order chi connectivity index (χ1) is 8.65. The molecule has 1 fully saturated rings. The third-order valence-electron chi connectivity index (χ3n) is 3.26. The molecule has 1 saturated heterocycles. The van der Waals surface area contributed by atoms with Crippen LogP contribution in [0, 0.1) is 11.6 Å². The second-order valence-corrected chi connectivity index (χ2v) is 4.54. The summed E-state index contributed by atoms with van der Waals surface area (Å²) in [5, 5.41) is 3.19. The maximum atomic E-state index is 13.0. The fraction of sp³-hybridized carbons (Fsp3) is 0.538. The normalized spacial score (nSPS) is 23.5. The molecule has 0 aromatic heterocycles. The van der Waals surface area contributed by atoms with E-state index in [0.29, 0.717) is 31.9 Å². The maximum Gasteiger partial charge on any atom is 0.159 e. The molecule has 0 spiro atoms. The molecule has 2 rings (SSSR count). The average molecular weight is 257 g/mol. The van der Waals surface area contributed by atoms with Gasteiger partial charge in [0.1, 0.15) is 5.60 Å². The topological polar surface area (TPSA) is 30.5 Å². The fourth-order valence-electron chi connectivity index (χ4n) is 2.05. The van der Waals surface area contributed by atoms with Gasteiger partial charge in [0.05, 0.1) is 6.61 Å². The van der Waals surface area contributed by atoms with Gasteiger partial charge in [-0.2, -0.15) is 0 Å². The molecule has 1 aliphatic rings. The lowest BCUT2D eigenvalue weighted by Gasteiger charge is -2.26. The van der Waals surface area contributed by atoms with E-state index >= 15 is 0 Å². The van der Waals surface area contributed by atoms with Gasteiger partial charge in [0.25, 0.3) is 0 Å². The zero-order chi connectivity index (χ0) is 13.0. The molecule has 1 N–H and O–H groups in total. The molecule has 0 amide bonds. The van der Waals surface area contributed by atoms with Gasteiger partial charge in [-0.15, -0.1) is 0 Å². The molecule has 1 aliphatic heterocycles. The Bertz CT molecular complexity index is 406. The molecule has 0 radical (unpaired) electrons. The number of nitrogens with one attached hydrogen (secondary N) is 1. The molecule has 0 bridgehead atoms. The number of rotatable bonds is 5. The summed E-state index contributed by atoms with van der Waals surface area (Å²) in [6, 6.07) is 3.90. The van der Waals surface area contributed by atoms with Crippen LogP contribution in [0.4, 0.5) is 8.78 Å². The summed E-state index contributed by atoms with van der Waals surface area (Å²) in [5.41, 5.74) is 0.414. The highest BCUT2D eigenvalue weighted by molar-refractivity contribution is 5.17. The third-order valence-corrected chi connectivity index (χ3v) is 3.26. The van der Waals surface area contributed by atoms with Crippen LogP contribution in [0.5, 0.6) is 0 Å². The molecular weight excluding hydrogens is 240 g/mol. The highest BCUT2D eigenvalue weighted by Crippen LogP contribution is 2.21.